The molecule has 0 atom stereocenters. The van der Waals surface area contributed by atoms with Crippen LogP contribution in [0.1, 0.15) is 29.6 Å². The lowest BCUT2D eigenvalue weighted by molar-refractivity contribution is 0.0724. The molecule has 1 amide bonds. The molecule has 0 bridgehead atoms. The van der Waals surface area contributed by atoms with Crippen LogP contribution in [0.25, 0.3) is 10.9 Å². The van der Waals surface area contributed by atoms with E-state index in [1.165, 1.54) is 6.07 Å². The number of likely N-dealkylation sites (tertiary alicyclic amines) is 1. The van der Waals surface area contributed by atoms with Crippen molar-refractivity contribution in [1.82, 2.24) is 9.88 Å². The van der Waals surface area contributed by atoms with Gasteiger partial charge in [0.1, 0.15) is 4.90 Å². The number of sulfonamides is 1. The minimum atomic E-state index is -3.80. The predicted octanol–water partition coefficient (Wildman–Crippen LogP) is 3.66. The van der Waals surface area contributed by atoms with Crippen LogP contribution in [0.4, 0.5) is 5.69 Å². The van der Waals surface area contributed by atoms with Gasteiger partial charge in [-0.1, -0.05) is 18.2 Å². The van der Waals surface area contributed by atoms with Crippen molar-refractivity contribution in [2.24, 2.45) is 0 Å². The van der Waals surface area contributed by atoms with Gasteiger partial charge in [-0.3, -0.25) is 14.5 Å². The lowest BCUT2D eigenvalue weighted by Crippen LogP contribution is -2.35. The first-order valence-corrected chi connectivity index (χ1v) is 10.8. The highest BCUT2D eigenvalue weighted by Gasteiger charge is 2.20. The van der Waals surface area contributed by atoms with Crippen molar-refractivity contribution in [3.05, 3.63) is 66.4 Å². The Morgan fingerprint density at radius 1 is 0.929 bits per heavy atom. The largest absolute Gasteiger partial charge is 0.339 e. The number of rotatable bonds is 4. The number of nitrogens with zero attached hydrogens (tertiary/aromatic N) is 2. The Morgan fingerprint density at radius 3 is 2.39 bits per heavy atom. The number of piperidine rings is 1. The highest BCUT2D eigenvalue weighted by atomic mass is 32.2. The number of carbonyl (C=O) groups is 1. The molecule has 6 nitrogen and oxygen atoms in total. The molecule has 4 rings (SSSR count). The van der Waals surface area contributed by atoms with Crippen molar-refractivity contribution in [2.45, 2.75) is 24.2 Å². The smallest absolute Gasteiger partial charge is 0.264 e. The highest BCUT2D eigenvalue weighted by molar-refractivity contribution is 7.93. The molecule has 0 saturated carbocycles. The SMILES string of the molecule is O=C(c1ccc(NS(=O)(=O)c2cccc3cccnc23)cc1)N1CCCCC1. The van der Waals surface area contributed by atoms with Crippen LogP contribution in [0, 0.1) is 0 Å². The third-order valence-corrected chi connectivity index (χ3v) is 6.33. The van der Waals surface area contributed by atoms with Crippen molar-refractivity contribution in [1.29, 1.82) is 0 Å². The third kappa shape index (κ3) is 3.71. The Balaban J connectivity index is 1.56. The van der Waals surface area contributed by atoms with E-state index in [0.717, 1.165) is 37.7 Å². The van der Waals surface area contributed by atoms with Crippen LogP contribution in [-0.2, 0) is 10.0 Å². The fourth-order valence-electron chi connectivity index (χ4n) is 3.46. The molecule has 1 aliphatic heterocycles. The van der Waals surface area contributed by atoms with E-state index < -0.39 is 10.0 Å². The summed E-state index contributed by atoms with van der Waals surface area (Å²) in [6.45, 7) is 1.56. The van der Waals surface area contributed by atoms with Crippen LogP contribution < -0.4 is 4.72 Å². The van der Waals surface area contributed by atoms with E-state index in [2.05, 4.69) is 9.71 Å². The number of benzene rings is 2. The summed E-state index contributed by atoms with van der Waals surface area (Å²) in [5.41, 5.74) is 1.40. The number of hydrogen-bond acceptors (Lipinski definition) is 4. The summed E-state index contributed by atoms with van der Waals surface area (Å²) in [7, 11) is -3.80. The predicted molar refractivity (Wildman–Crippen MR) is 109 cm³/mol. The van der Waals surface area contributed by atoms with Gasteiger partial charge in [-0.05, 0) is 55.7 Å². The van der Waals surface area contributed by atoms with Gasteiger partial charge in [0.25, 0.3) is 15.9 Å². The van der Waals surface area contributed by atoms with Crippen LogP contribution >= 0.6 is 0 Å². The van der Waals surface area contributed by atoms with Gasteiger partial charge in [-0.15, -0.1) is 0 Å². The second kappa shape index (κ2) is 7.59. The Hall–Kier alpha value is -2.93. The van der Waals surface area contributed by atoms with E-state index in [0.29, 0.717) is 16.8 Å². The molecular formula is C21H21N3O3S. The summed E-state index contributed by atoms with van der Waals surface area (Å²) in [4.78, 5) is 18.7. The number of fused-ring (bicyclic) bond motifs is 1. The second-order valence-electron chi connectivity index (χ2n) is 6.87. The summed E-state index contributed by atoms with van der Waals surface area (Å²) < 4.78 is 28.3. The van der Waals surface area contributed by atoms with Crippen molar-refractivity contribution < 1.29 is 13.2 Å². The molecule has 1 saturated heterocycles. The molecule has 1 aromatic heterocycles. The van der Waals surface area contributed by atoms with Crippen molar-refractivity contribution >= 4 is 32.5 Å². The van der Waals surface area contributed by atoms with Crippen LogP contribution in [0.15, 0.2) is 65.7 Å². The maximum atomic E-state index is 12.9. The number of pyridine rings is 1. The summed E-state index contributed by atoms with van der Waals surface area (Å²) >= 11 is 0. The maximum absolute atomic E-state index is 12.9. The van der Waals surface area contributed by atoms with Gasteiger partial charge < -0.3 is 4.90 Å². The highest BCUT2D eigenvalue weighted by Crippen LogP contribution is 2.23. The number of hydrogen-bond donors (Lipinski definition) is 1. The van der Waals surface area contributed by atoms with E-state index in [1.54, 1.807) is 42.6 Å². The van der Waals surface area contributed by atoms with Gasteiger partial charge >= 0.3 is 0 Å². The molecular weight excluding hydrogens is 374 g/mol. The first-order valence-electron chi connectivity index (χ1n) is 9.30. The van der Waals surface area contributed by atoms with Crippen LogP contribution in [0.3, 0.4) is 0 Å². The van der Waals surface area contributed by atoms with Crippen molar-refractivity contribution in [3.63, 3.8) is 0 Å². The molecule has 1 fully saturated rings. The molecule has 2 heterocycles. The molecule has 0 aliphatic carbocycles. The molecule has 3 aromatic rings. The number of amides is 1. The lowest BCUT2D eigenvalue weighted by atomic mass is 10.1. The molecule has 144 valence electrons. The fourth-order valence-corrected chi connectivity index (χ4v) is 4.70. The number of carbonyl (C=O) groups excluding carboxylic acids is 1. The van der Waals surface area contributed by atoms with E-state index in [1.807, 2.05) is 17.0 Å². The standard InChI is InChI=1S/C21H21N3O3S/c25-21(24-14-2-1-3-15-24)17-9-11-18(12-10-17)23-28(26,27)19-8-4-6-16-7-5-13-22-20(16)19/h4-13,23H,1-3,14-15H2. The van der Waals surface area contributed by atoms with Crippen molar-refractivity contribution in [3.8, 4) is 0 Å². The third-order valence-electron chi connectivity index (χ3n) is 4.91. The molecule has 28 heavy (non-hydrogen) atoms. The molecule has 0 spiro atoms. The van der Waals surface area contributed by atoms with Gasteiger partial charge in [-0.25, -0.2) is 8.42 Å². The van der Waals surface area contributed by atoms with E-state index in [9.17, 15) is 13.2 Å². The van der Waals surface area contributed by atoms with Crippen molar-refractivity contribution in [2.75, 3.05) is 17.8 Å². The maximum Gasteiger partial charge on any atom is 0.264 e. The van der Waals surface area contributed by atoms with E-state index in [4.69, 9.17) is 0 Å². The molecule has 1 N–H and O–H groups in total. The van der Waals surface area contributed by atoms with Crippen LogP contribution in [-0.4, -0.2) is 37.3 Å². The van der Waals surface area contributed by atoms with E-state index in [-0.39, 0.29) is 10.8 Å². The first kappa shape index (κ1) is 18.4. The lowest BCUT2D eigenvalue weighted by Gasteiger charge is -2.26. The summed E-state index contributed by atoms with van der Waals surface area (Å²) in [5, 5.41) is 0.757. The zero-order valence-corrected chi connectivity index (χ0v) is 16.2. The Kier molecular flexibility index (Phi) is 5.00. The zero-order valence-electron chi connectivity index (χ0n) is 15.3. The average Bonchev–Trinajstić information content (AvgIpc) is 2.74. The Morgan fingerprint density at radius 2 is 1.64 bits per heavy atom. The minimum Gasteiger partial charge on any atom is -0.339 e. The van der Waals surface area contributed by atoms with Gasteiger partial charge in [0.15, 0.2) is 0 Å². The molecule has 0 unspecified atom stereocenters. The summed E-state index contributed by atoms with van der Waals surface area (Å²) in [6, 6.07) is 15.2. The molecule has 1 aliphatic rings. The molecule has 7 heteroatoms. The van der Waals surface area contributed by atoms with Crippen LogP contribution in [0.2, 0.25) is 0 Å². The number of aromatic nitrogens is 1. The van der Waals surface area contributed by atoms with Gasteiger partial charge in [0.05, 0.1) is 5.52 Å². The van der Waals surface area contributed by atoms with Gasteiger partial charge in [0.2, 0.25) is 0 Å². The number of para-hydroxylation sites is 1. The van der Waals surface area contributed by atoms with Crippen LogP contribution in [0.5, 0.6) is 0 Å². The summed E-state index contributed by atoms with van der Waals surface area (Å²) in [5.74, 6) is -0.00707. The fraction of sp³-hybridized carbons (Fsp3) is 0.238. The monoisotopic (exact) mass is 395 g/mol. The molecule has 0 radical (unpaired) electrons. The quantitative estimate of drug-likeness (QED) is 0.731. The van der Waals surface area contributed by atoms with Gasteiger partial charge in [0, 0.05) is 35.9 Å². The normalized spacial score (nSPS) is 14.8. The topological polar surface area (TPSA) is 79.4 Å². The number of anilines is 1. The average molecular weight is 395 g/mol. The zero-order chi connectivity index (χ0) is 19.6. The minimum absolute atomic E-state index is 0.00707. The Bertz CT molecular complexity index is 1100. The molecule has 2 aromatic carbocycles. The number of nitrogens with one attached hydrogen (secondary N) is 1. The van der Waals surface area contributed by atoms with E-state index >= 15 is 0 Å². The van der Waals surface area contributed by atoms with Gasteiger partial charge in [-0.2, -0.15) is 0 Å². The Labute approximate surface area is 164 Å². The second-order valence-corrected chi connectivity index (χ2v) is 8.52. The summed E-state index contributed by atoms with van der Waals surface area (Å²) in [6.07, 6.45) is 4.79. The first-order chi connectivity index (χ1) is 13.5.